The number of carbonyl (C=O) groups is 1. The quantitative estimate of drug-likeness (QED) is 0.444. The van der Waals surface area contributed by atoms with E-state index in [2.05, 4.69) is 4.74 Å². The summed E-state index contributed by atoms with van der Waals surface area (Å²) < 4.78 is 4.63. The summed E-state index contributed by atoms with van der Waals surface area (Å²) in [6.07, 6.45) is -0.271. The number of hydrogen-bond acceptors (Lipinski definition) is 5. The highest BCUT2D eigenvalue weighted by Gasteiger charge is 2.32. The van der Waals surface area contributed by atoms with Crippen LogP contribution in [-0.2, 0) is 9.53 Å². The van der Waals surface area contributed by atoms with E-state index in [1.807, 2.05) is 0 Å². The first-order valence-corrected chi connectivity index (χ1v) is 5.18. The summed E-state index contributed by atoms with van der Waals surface area (Å²) in [5.41, 5.74) is 0. The van der Waals surface area contributed by atoms with Crippen molar-refractivity contribution < 1.29 is 24.9 Å². The number of ether oxygens (including phenoxy) is 1. The molecule has 0 aromatic rings. The van der Waals surface area contributed by atoms with Crippen molar-refractivity contribution in [3.8, 4) is 0 Å². The molecule has 88 valence electrons. The Kier molecular flexibility index (Phi) is 4.50. The standard InChI is InChI=1S/C10H18O5/c1-15-10(14)7-4-2-6(3-5-7)8(11)9(12)13/h6-9,11-13H,2-5H2,1H3. The zero-order chi connectivity index (χ0) is 11.4. The highest BCUT2D eigenvalue weighted by atomic mass is 16.5. The van der Waals surface area contributed by atoms with E-state index in [0.29, 0.717) is 25.7 Å². The van der Waals surface area contributed by atoms with Crippen molar-refractivity contribution in [3.63, 3.8) is 0 Å². The molecule has 0 amide bonds. The fourth-order valence-corrected chi connectivity index (χ4v) is 2.11. The van der Waals surface area contributed by atoms with Gasteiger partial charge in [-0.05, 0) is 31.6 Å². The minimum Gasteiger partial charge on any atom is -0.469 e. The molecule has 0 heterocycles. The highest BCUT2D eigenvalue weighted by molar-refractivity contribution is 5.72. The third-order valence-electron chi connectivity index (χ3n) is 3.09. The van der Waals surface area contributed by atoms with E-state index in [1.165, 1.54) is 7.11 Å². The molecule has 1 unspecified atom stereocenters. The average Bonchev–Trinajstić information content (AvgIpc) is 2.27. The van der Waals surface area contributed by atoms with Crippen LogP contribution in [0.1, 0.15) is 25.7 Å². The first-order valence-electron chi connectivity index (χ1n) is 5.18. The normalized spacial score (nSPS) is 28.9. The van der Waals surface area contributed by atoms with Gasteiger partial charge in [-0.15, -0.1) is 0 Å². The fourth-order valence-electron chi connectivity index (χ4n) is 2.11. The van der Waals surface area contributed by atoms with E-state index < -0.39 is 12.4 Å². The maximum absolute atomic E-state index is 11.2. The molecular weight excluding hydrogens is 200 g/mol. The van der Waals surface area contributed by atoms with Gasteiger partial charge in [-0.1, -0.05) is 0 Å². The lowest BCUT2D eigenvalue weighted by Crippen LogP contribution is -2.36. The molecule has 5 nitrogen and oxygen atoms in total. The van der Waals surface area contributed by atoms with Crippen LogP contribution in [-0.4, -0.2) is 40.8 Å². The van der Waals surface area contributed by atoms with Crippen LogP contribution in [0.5, 0.6) is 0 Å². The second-order valence-corrected chi connectivity index (χ2v) is 4.04. The smallest absolute Gasteiger partial charge is 0.308 e. The number of methoxy groups -OCH3 is 1. The molecule has 3 N–H and O–H groups in total. The summed E-state index contributed by atoms with van der Waals surface area (Å²) in [4.78, 5) is 11.2. The van der Waals surface area contributed by atoms with Gasteiger partial charge in [0, 0.05) is 0 Å². The first-order chi connectivity index (χ1) is 7.06. The molecule has 0 spiro atoms. The van der Waals surface area contributed by atoms with E-state index in [1.54, 1.807) is 0 Å². The van der Waals surface area contributed by atoms with Crippen LogP contribution >= 0.6 is 0 Å². The molecule has 0 aliphatic heterocycles. The summed E-state index contributed by atoms with van der Waals surface area (Å²) in [5.74, 6) is -0.451. The molecule has 15 heavy (non-hydrogen) atoms. The Balaban J connectivity index is 2.39. The van der Waals surface area contributed by atoms with Gasteiger partial charge in [0.15, 0.2) is 6.29 Å². The van der Waals surface area contributed by atoms with Crippen molar-refractivity contribution >= 4 is 5.97 Å². The van der Waals surface area contributed by atoms with Crippen molar-refractivity contribution in [1.29, 1.82) is 0 Å². The van der Waals surface area contributed by atoms with Crippen molar-refractivity contribution in [2.24, 2.45) is 11.8 Å². The fraction of sp³-hybridized carbons (Fsp3) is 0.900. The lowest BCUT2D eigenvalue weighted by Gasteiger charge is -2.30. The van der Waals surface area contributed by atoms with Crippen LogP contribution in [0.25, 0.3) is 0 Å². The number of rotatable bonds is 3. The molecule has 1 aliphatic rings. The molecule has 0 saturated heterocycles. The lowest BCUT2D eigenvalue weighted by molar-refractivity contribution is -0.154. The molecular formula is C10H18O5. The van der Waals surface area contributed by atoms with Crippen molar-refractivity contribution in [2.45, 2.75) is 38.1 Å². The van der Waals surface area contributed by atoms with Gasteiger partial charge in [-0.3, -0.25) is 4.79 Å². The van der Waals surface area contributed by atoms with E-state index in [4.69, 9.17) is 10.2 Å². The maximum Gasteiger partial charge on any atom is 0.308 e. The number of hydrogen-bond donors (Lipinski definition) is 3. The predicted octanol–water partition coefficient (Wildman–Crippen LogP) is -0.363. The second kappa shape index (κ2) is 5.44. The van der Waals surface area contributed by atoms with Gasteiger partial charge in [0.05, 0.1) is 13.0 Å². The van der Waals surface area contributed by atoms with E-state index in [-0.39, 0.29) is 17.8 Å². The zero-order valence-corrected chi connectivity index (χ0v) is 8.80. The number of esters is 1. The molecule has 1 saturated carbocycles. The third kappa shape index (κ3) is 3.15. The van der Waals surface area contributed by atoms with Crippen LogP contribution in [0, 0.1) is 11.8 Å². The molecule has 1 aliphatic carbocycles. The van der Waals surface area contributed by atoms with Crippen LogP contribution in [0.3, 0.4) is 0 Å². The van der Waals surface area contributed by atoms with Crippen LogP contribution in [0.2, 0.25) is 0 Å². The van der Waals surface area contributed by atoms with E-state index in [9.17, 15) is 9.90 Å². The summed E-state index contributed by atoms with van der Waals surface area (Å²) >= 11 is 0. The number of aliphatic hydroxyl groups is 3. The number of carbonyl (C=O) groups excluding carboxylic acids is 1. The number of aliphatic hydroxyl groups excluding tert-OH is 2. The van der Waals surface area contributed by atoms with Gasteiger partial charge in [0.1, 0.15) is 6.10 Å². The van der Waals surface area contributed by atoms with Gasteiger partial charge < -0.3 is 20.1 Å². The van der Waals surface area contributed by atoms with Crippen LogP contribution in [0.4, 0.5) is 0 Å². The Labute approximate surface area is 88.7 Å². The molecule has 1 atom stereocenters. The Morgan fingerprint density at radius 1 is 1.20 bits per heavy atom. The maximum atomic E-state index is 11.2. The summed E-state index contributed by atoms with van der Waals surface area (Å²) in [5, 5.41) is 27.0. The topological polar surface area (TPSA) is 87.0 Å². The lowest BCUT2D eigenvalue weighted by atomic mass is 9.79. The van der Waals surface area contributed by atoms with Gasteiger partial charge in [0.25, 0.3) is 0 Å². The highest BCUT2D eigenvalue weighted by Crippen LogP contribution is 2.32. The van der Waals surface area contributed by atoms with Crippen molar-refractivity contribution in [3.05, 3.63) is 0 Å². The second-order valence-electron chi connectivity index (χ2n) is 4.04. The minimum atomic E-state index is -1.69. The van der Waals surface area contributed by atoms with Gasteiger partial charge >= 0.3 is 5.97 Å². The first kappa shape index (κ1) is 12.4. The Morgan fingerprint density at radius 3 is 2.13 bits per heavy atom. The largest absolute Gasteiger partial charge is 0.469 e. The van der Waals surface area contributed by atoms with Crippen molar-refractivity contribution in [2.75, 3.05) is 7.11 Å². The van der Waals surface area contributed by atoms with Gasteiger partial charge in [-0.2, -0.15) is 0 Å². The van der Waals surface area contributed by atoms with Crippen LogP contribution < -0.4 is 0 Å². The molecule has 0 aromatic carbocycles. The summed E-state index contributed by atoms with van der Waals surface area (Å²) in [6, 6.07) is 0. The summed E-state index contributed by atoms with van der Waals surface area (Å²) in [7, 11) is 1.36. The SMILES string of the molecule is COC(=O)C1CCC(C(O)C(O)O)CC1. The molecule has 0 radical (unpaired) electrons. The van der Waals surface area contributed by atoms with E-state index in [0.717, 1.165) is 0 Å². The minimum absolute atomic E-state index is 0.103. The molecule has 0 aromatic heterocycles. The van der Waals surface area contributed by atoms with E-state index >= 15 is 0 Å². The average molecular weight is 218 g/mol. The zero-order valence-electron chi connectivity index (χ0n) is 8.80. The Morgan fingerprint density at radius 2 is 1.73 bits per heavy atom. The van der Waals surface area contributed by atoms with Crippen LogP contribution in [0.15, 0.2) is 0 Å². The Hall–Kier alpha value is -0.650. The van der Waals surface area contributed by atoms with Gasteiger partial charge in [0.2, 0.25) is 0 Å². The molecule has 1 fully saturated rings. The van der Waals surface area contributed by atoms with Crippen molar-refractivity contribution in [1.82, 2.24) is 0 Å². The molecule has 0 bridgehead atoms. The predicted molar refractivity (Wildman–Crippen MR) is 51.7 cm³/mol. The third-order valence-corrected chi connectivity index (χ3v) is 3.09. The monoisotopic (exact) mass is 218 g/mol. The van der Waals surface area contributed by atoms with Gasteiger partial charge in [-0.25, -0.2) is 0 Å². The Bertz CT molecular complexity index is 208. The molecule has 5 heteroatoms. The molecule has 1 rings (SSSR count). The summed E-state index contributed by atoms with van der Waals surface area (Å²) in [6.45, 7) is 0.